The highest BCUT2D eigenvalue weighted by molar-refractivity contribution is 6.05. The standard InChI is InChI=1S/C20H27N3O3/c24-18(21-16-10-6-1-2-7-11-16)14-17-19(25)23(20(26)22-17)13-12-15-8-4-3-5-9-15/h3-5,8-9,16-17H,1-2,6-7,10-14H2,(H,21,24)(H,22,26)/t17-/m1/s1. The third-order valence-corrected chi connectivity index (χ3v) is 5.18. The van der Waals surface area contributed by atoms with E-state index in [0.29, 0.717) is 13.0 Å². The van der Waals surface area contributed by atoms with Gasteiger partial charge in [-0.15, -0.1) is 0 Å². The van der Waals surface area contributed by atoms with Gasteiger partial charge in [-0.05, 0) is 24.8 Å². The number of rotatable bonds is 6. The Hall–Kier alpha value is -2.37. The highest BCUT2D eigenvalue weighted by atomic mass is 16.2. The number of carbonyl (C=O) groups excluding carboxylic acids is 3. The van der Waals surface area contributed by atoms with Crippen LogP contribution in [0.25, 0.3) is 0 Å². The van der Waals surface area contributed by atoms with Crippen molar-refractivity contribution in [3.63, 3.8) is 0 Å². The van der Waals surface area contributed by atoms with Crippen LogP contribution >= 0.6 is 0 Å². The second-order valence-electron chi connectivity index (χ2n) is 7.19. The van der Waals surface area contributed by atoms with Gasteiger partial charge in [-0.3, -0.25) is 14.5 Å². The summed E-state index contributed by atoms with van der Waals surface area (Å²) in [7, 11) is 0. The summed E-state index contributed by atoms with van der Waals surface area (Å²) in [6.45, 7) is 0.329. The molecule has 1 atom stereocenters. The van der Waals surface area contributed by atoms with Gasteiger partial charge < -0.3 is 10.6 Å². The Labute approximate surface area is 154 Å². The van der Waals surface area contributed by atoms with Crippen molar-refractivity contribution >= 4 is 17.8 Å². The summed E-state index contributed by atoms with van der Waals surface area (Å²) >= 11 is 0. The predicted molar refractivity (Wildman–Crippen MR) is 98.4 cm³/mol. The average molecular weight is 357 g/mol. The van der Waals surface area contributed by atoms with Gasteiger partial charge in [-0.25, -0.2) is 4.79 Å². The van der Waals surface area contributed by atoms with Gasteiger partial charge in [0, 0.05) is 12.6 Å². The molecule has 2 fully saturated rings. The molecule has 1 heterocycles. The fourth-order valence-electron chi connectivity index (χ4n) is 3.71. The number of hydrogen-bond acceptors (Lipinski definition) is 3. The lowest BCUT2D eigenvalue weighted by Crippen LogP contribution is -2.40. The number of benzene rings is 1. The summed E-state index contributed by atoms with van der Waals surface area (Å²) in [5.41, 5.74) is 1.07. The zero-order chi connectivity index (χ0) is 18.4. The normalized spacial score (nSPS) is 21.4. The first-order chi connectivity index (χ1) is 12.6. The molecule has 2 N–H and O–H groups in total. The molecule has 140 valence electrons. The van der Waals surface area contributed by atoms with Gasteiger partial charge in [0.1, 0.15) is 6.04 Å². The minimum atomic E-state index is -0.746. The Morgan fingerprint density at radius 3 is 2.46 bits per heavy atom. The van der Waals surface area contributed by atoms with Crippen molar-refractivity contribution in [3.05, 3.63) is 35.9 Å². The molecule has 4 amide bonds. The number of imide groups is 1. The zero-order valence-electron chi connectivity index (χ0n) is 15.1. The van der Waals surface area contributed by atoms with E-state index in [9.17, 15) is 14.4 Å². The third-order valence-electron chi connectivity index (χ3n) is 5.18. The summed E-state index contributed by atoms with van der Waals surface area (Å²) in [5.74, 6) is -0.456. The Kier molecular flexibility index (Phi) is 6.26. The maximum Gasteiger partial charge on any atom is 0.324 e. The van der Waals surface area contributed by atoms with E-state index >= 15 is 0 Å². The van der Waals surface area contributed by atoms with Crippen LogP contribution in [-0.2, 0) is 16.0 Å². The lowest BCUT2D eigenvalue weighted by molar-refractivity contribution is -0.131. The first-order valence-electron chi connectivity index (χ1n) is 9.58. The Morgan fingerprint density at radius 1 is 1.08 bits per heavy atom. The minimum absolute atomic E-state index is 0.0168. The summed E-state index contributed by atoms with van der Waals surface area (Å²) in [4.78, 5) is 38.1. The highest BCUT2D eigenvalue weighted by Gasteiger charge is 2.38. The number of carbonyl (C=O) groups is 3. The maximum absolute atomic E-state index is 12.5. The number of nitrogens with one attached hydrogen (secondary N) is 2. The molecule has 6 heteroatoms. The summed E-state index contributed by atoms with van der Waals surface area (Å²) < 4.78 is 0. The van der Waals surface area contributed by atoms with Crippen molar-refractivity contribution in [3.8, 4) is 0 Å². The van der Waals surface area contributed by atoms with Crippen molar-refractivity contribution in [2.45, 2.75) is 63.5 Å². The van der Waals surface area contributed by atoms with Gasteiger partial charge in [0.15, 0.2) is 0 Å². The average Bonchev–Trinajstić information content (AvgIpc) is 2.81. The van der Waals surface area contributed by atoms with Crippen molar-refractivity contribution in [2.24, 2.45) is 0 Å². The smallest absolute Gasteiger partial charge is 0.324 e. The van der Waals surface area contributed by atoms with E-state index in [1.807, 2.05) is 30.3 Å². The van der Waals surface area contributed by atoms with E-state index in [4.69, 9.17) is 0 Å². The van der Waals surface area contributed by atoms with Crippen LogP contribution in [0.3, 0.4) is 0 Å². The van der Waals surface area contributed by atoms with Gasteiger partial charge in [-0.1, -0.05) is 56.0 Å². The number of nitrogens with zero attached hydrogens (tertiary/aromatic N) is 1. The van der Waals surface area contributed by atoms with Crippen molar-refractivity contribution < 1.29 is 14.4 Å². The predicted octanol–water partition coefficient (Wildman–Crippen LogP) is 2.38. The molecule has 0 unspecified atom stereocenters. The van der Waals surface area contributed by atoms with Gasteiger partial charge in [0.2, 0.25) is 5.91 Å². The molecule has 0 radical (unpaired) electrons. The topological polar surface area (TPSA) is 78.5 Å². The summed E-state index contributed by atoms with van der Waals surface area (Å²) in [5, 5.41) is 5.68. The van der Waals surface area contributed by atoms with Crippen molar-refractivity contribution in [2.75, 3.05) is 6.54 Å². The third kappa shape index (κ3) is 4.84. The van der Waals surface area contributed by atoms with Crippen molar-refractivity contribution in [1.82, 2.24) is 15.5 Å². The van der Waals surface area contributed by atoms with Crippen LogP contribution in [0.4, 0.5) is 4.79 Å². The molecule has 3 rings (SSSR count). The number of urea groups is 1. The van der Waals surface area contributed by atoms with E-state index in [-0.39, 0.29) is 24.3 Å². The minimum Gasteiger partial charge on any atom is -0.353 e. The monoisotopic (exact) mass is 357 g/mol. The molecule has 0 spiro atoms. The van der Waals surface area contributed by atoms with Crippen LogP contribution in [0.5, 0.6) is 0 Å². The second kappa shape index (κ2) is 8.83. The fourth-order valence-corrected chi connectivity index (χ4v) is 3.71. The van der Waals surface area contributed by atoms with Gasteiger partial charge in [0.25, 0.3) is 5.91 Å². The van der Waals surface area contributed by atoms with Crippen LogP contribution in [0.15, 0.2) is 30.3 Å². The van der Waals surface area contributed by atoms with Crippen LogP contribution < -0.4 is 10.6 Å². The molecule has 1 aromatic rings. The van der Waals surface area contributed by atoms with Crippen LogP contribution in [0.2, 0.25) is 0 Å². The van der Waals surface area contributed by atoms with Gasteiger partial charge >= 0.3 is 6.03 Å². The highest BCUT2D eigenvalue weighted by Crippen LogP contribution is 2.18. The quantitative estimate of drug-likeness (QED) is 0.606. The van der Waals surface area contributed by atoms with Gasteiger partial charge in [0.05, 0.1) is 6.42 Å². The molecule has 2 aliphatic rings. The van der Waals surface area contributed by atoms with Crippen LogP contribution in [0.1, 0.15) is 50.5 Å². The molecule has 6 nitrogen and oxygen atoms in total. The molecular weight excluding hydrogens is 330 g/mol. The van der Waals surface area contributed by atoms with Gasteiger partial charge in [-0.2, -0.15) is 0 Å². The molecule has 0 bridgehead atoms. The maximum atomic E-state index is 12.5. The molecule has 1 saturated carbocycles. The molecule has 26 heavy (non-hydrogen) atoms. The van der Waals surface area contributed by atoms with Crippen LogP contribution in [-0.4, -0.2) is 41.4 Å². The lowest BCUT2D eigenvalue weighted by atomic mass is 10.1. The lowest BCUT2D eigenvalue weighted by Gasteiger charge is -2.17. The van der Waals surface area contributed by atoms with E-state index in [2.05, 4.69) is 10.6 Å². The Balaban J connectivity index is 1.49. The molecule has 1 aliphatic heterocycles. The van der Waals surface area contributed by atoms with E-state index in [1.165, 1.54) is 17.7 Å². The molecule has 1 aromatic carbocycles. The Morgan fingerprint density at radius 2 is 1.77 bits per heavy atom. The summed E-state index contributed by atoms with van der Waals surface area (Å²) in [6, 6.07) is 8.78. The first-order valence-corrected chi connectivity index (χ1v) is 9.58. The largest absolute Gasteiger partial charge is 0.353 e. The molecular formula is C20H27N3O3. The second-order valence-corrected chi connectivity index (χ2v) is 7.19. The van der Waals surface area contributed by atoms with E-state index in [1.54, 1.807) is 0 Å². The number of hydrogen-bond donors (Lipinski definition) is 2. The molecule has 1 aliphatic carbocycles. The summed E-state index contributed by atoms with van der Waals surface area (Å²) in [6.07, 6.45) is 7.35. The fraction of sp³-hybridized carbons (Fsp3) is 0.550. The number of amides is 4. The van der Waals surface area contributed by atoms with E-state index < -0.39 is 12.1 Å². The zero-order valence-corrected chi connectivity index (χ0v) is 15.1. The first kappa shape index (κ1) is 18.4. The molecule has 0 aromatic heterocycles. The van der Waals surface area contributed by atoms with E-state index in [0.717, 1.165) is 31.2 Å². The molecule has 1 saturated heterocycles. The Bertz CT molecular complexity index is 639. The van der Waals surface area contributed by atoms with Crippen molar-refractivity contribution in [1.29, 1.82) is 0 Å². The van der Waals surface area contributed by atoms with Crippen LogP contribution in [0, 0.1) is 0 Å². The SMILES string of the molecule is O=C(C[C@H]1NC(=O)N(CCc2ccccc2)C1=O)NC1CCCCCC1.